The van der Waals surface area contributed by atoms with E-state index in [0.29, 0.717) is 12.2 Å². The number of carbonyl (C=O) groups excluding carboxylic acids is 2. The molecular weight excluding hydrogens is 417 g/mol. The predicted molar refractivity (Wildman–Crippen MR) is 112 cm³/mol. The smallest absolute Gasteiger partial charge is 0.276 e. The van der Waals surface area contributed by atoms with Crippen molar-refractivity contribution in [3.8, 4) is 5.75 Å². The molecule has 168 valence electrons. The first-order valence-corrected chi connectivity index (χ1v) is 10.9. The van der Waals surface area contributed by atoms with E-state index in [1.807, 2.05) is 0 Å². The Hall–Kier alpha value is -3.20. The summed E-state index contributed by atoms with van der Waals surface area (Å²) in [5.74, 6) is -1.97. The maximum absolute atomic E-state index is 13.3. The van der Waals surface area contributed by atoms with Gasteiger partial charge in [0.05, 0.1) is 13.2 Å². The standard InChI is InChI=1S/C23H24FN3O5/c24-15-7-5-13(6-8-15)9-25-22(30)16-10-26-11-18-27(23(31)19(26)21(29)20(16)28)17-4-2-1-3-14(17)12-32-18/h5-8,10,14,17-18,29H,1-4,9,11-12H2,(H,25,30). The number of rotatable bonds is 3. The zero-order valence-electron chi connectivity index (χ0n) is 17.4. The van der Waals surface area contributed by atoms with Gasteiger partial charge in [-0.25, -0.2) is 4.39 Å². The molecule has 2 aliphatic heterocycles. The van der Waals surface area contributed by atoms with Crippen molar-refractivity contribution < 1.29 is 23.8 Å². The Labute approximate surface area is 183 Å². The monoisotopic (exact) mass is 441 g/mol. The van der Waals surface area contributed by atoms with Crippen LogP contribution in [0.4, 0.5) is 4.39 Å². The van der Waals surface area contributed by atoms with Gasteiger partial charge in [0.15, 0.2) is 17.7 Å². The van der Waals surface area contributed by atoms with Crippen LogP contribution in [0, 0.1) is 11.7 Å². The number of nitrogens with one attached hydrogen (secondary N) is 1. The quantitative estimate of drug-likeness (QED) is 0.759. The Balaban J connectivity index is 1.42. The van der Waals surface area contributed by atoms with Gasteiger partial charge in [-0.2, -0.15) is 0 Å². The molecule has 3 heterocycles. The number of fused-ring (bicyclic) bond motifs is 4. The number of benzene rings is 1. The summed E-state index contributed by atoms with van der Waals surface area (Å²) in [6.45, 7) is 0.893. The molecule has 8 nitrogen and oxygen atoms in total. The Morgan fingerprint density at radius 1 is 1.19 bits per heavy atom. The number of halogens is 1. The Morgan fingerprint density at radius 2 is 1.94 bits per heavy atom. The van der Waals surface area contributed by atoms with E-state index in [9.17, 15) is 23.9 Å². The number of amides is 2. The largest absolute Gasteiger partial charge is 0.503 e. The molecule has 5 rings (SSSR count). The molecule has 0 spiro atoms. The van der Waals surface area contributed by atoms with Gasteiger partial charge in [0.25, 0.3) is 11.8 Å². The third-order valence-corrected chi connectivity index (χ3v) is 6.70. The second kappa shape index (κ2) is 8.05. The van der Waals surface area contributed by atoms with Crippen molar-refractivity contribution in [2.75, 3.05) is 6.61 Å². The third kappa shape index (κ3) is 3.46. The van der Waals surface area contributed by atoms with Gasteiger partial charge in [-0.15, -0.1) is 0 Å². The van der Waals surface area contributed by atoms with Gasteiger partial charge in [0.2, 0.25) is 5.43 Å². The highest BCUT2D eigenvalue weighted by atomic mass is 19.1. The molecule has 3 atom stereocenters. The summed E-state index contributed by atoms with van der Waals surface area (Å²) in [6.07, 6.45) is 4.83. The van der Waals surface area contributed by atoms with E-state index in [4.69, 9.17) is 4.74 Å². The molecule has 2 fully saturated rings. The van der Waals surface area contributed by atoms with Gasteiger partial charge in [0, 0.05) is 24.7 Å². The lowest BCUT2D eigenvalue weighted by Crippen LogP contribution is -2.61. The van der Waals surface area contributed by atoms with Gasteiger partial charge in [0.1, 0.15) is 11.4 Å². The van der Waals surface area contributed by atoms with Crippen molar-refractivity contribution in [2.24, 2.45) is 5.92 Å². The van der Waals surface area contributed by atoms with Crippen LogP contribution in [0.15, 0.2) is 35.3 Å². The molecule has 3 unspecified atom stereocenters. The molecule has 1 aliphatic carbocycles. The van der Waals surface area contributed by atoms with Crippen LogP contribution in [0.1, 0.15) is 52.1 Å². The van der Waals surface area contributed by atoms with E-state index < -0.39 is 29.2 Å². The van der Waals surface area contributed by atoms with Crippen molar-refractivity contribution in [1.29, 1.82) is 0 Å². The van der Waals surface area contributed by atoms with Crippen molar-refractivity contribution in [2.45, 2.75) is 51.0 Å². The van der Waals surface area contributed by atoms with E-state index in [-0.39, 0.29) is 42.1 Å². The van der Waals surface area contributed by atoms with Crippen molar-refractivity contribution in [3.63, 3.8) is 0 Å². The minimum atomic E-state index is -0.891. The SMILES string of the molecule is O=C(NCc1ccc(F)cc1)c1cn2c(c(O)c1=O)C(=O)N1C(C2)OCC2CCCCC21. The number of nitrogens with zero attached hydrogens (tertiary/aromatic N) is 2. The molecule has 1 saturated heterocycles. The van der Waals surface area contributed by atoms with Gasteiger partial charge in [-0.05, 0) is 30.5 Å². The fourth-order valence-electron chi connectivity index (χ4n) is 5.05. The number of hydrogen-bond acceptors (Lipinski definition) is 5. The van der Waals surface area contributed by atoms with E-state index in [2.05, 4.69) is 5.32 Å². The number of carbonyl (C=O) groups is 2. The number of aromatic hydroxyl groups is 1. The lowest BCUT2D eigenvalue weighted by atomic mass is 9.82. The number of aromatic nitrogens is 1. The Kier molecular flexibility index (Phi) is 5.21. The lowest BCUT2D eigenvalue weighted by molar-refractivity contribution is -0.149. The maximum Gasteiger partial charge on any atom is 0.276 e. The summed E-state index contributed by atoms with van der Waals surface area (Å²) >= 11 is 0. The maximum atomic E-state index is 13.3. The highest BCUT2D eigenvalue weighted by Crippen LogP contribution is 2.38. The molecular formula is C23H24FN3O5. The van der Waals surface area contributed by atoms with Crippen LogP contribution in [0.25, 0.3) is 0 Å². The first kappa shape index (κ1) is 20.7. The van der Waals surface area contributed by atoms with Crippen LogP contribution >= 0.6 is 0 Å². The highest BCUT2D eigenvalue weighted by molar-refractivity contribution is 5.99. The summed E-state index contributed by atoms with van der Waals surface area (Å²) in [4.78, 5) is 40.4. The minimum Gasteiger partial charge on any atom is -0.503 e. The zero-order chi connectivity index (χ0) is 22.4. The molecule has 9 heteroatoms. The van der Waals surface area contributed by atoms with Gasteiger partial charge >= 0.3 is 0 Å². The summed E-state index contributed by atoms with van der Waals surface area (Å²) in [5, 5.41) is 13.2. The Morgan fingerprint density at radius 3 is 2.72 bits per heavy atom. The summed E-state index contributed by atoms with van der Waals surface area (Å²) in [5.41, 5.74) is -0.597. The summed E-state index contributed by atoms with van der Waals surface area (Å²) in [7, 11) is 0. The van der Waals surface area contributed by atoms with Crippen LogP contribution in [0.3, 0.4) is 0 Å². The summed E-state index contributed by atoms with van der Waals surface area (Å²) in [6, 6.07) is 5.65. The number of ether oxygens (including phenoxy) is 1. The van der Waals surface area contributed by atoms with E-state index >= 15 is 0 Å². The topological polar surface area (TPSA) is 101 Å². The van der Waals surface area contributed by atoms with Gasteiger partial charge in [-0.3, -0.25) is 14.4 Å². The zero-order valence-corrected chi connectivity index (χ0v) is 17.4. The normalized spacial score (nSPS) is 24.3. The highest BCUT2D eigenvalue weighted by Gasteiger charge is 2.46. The molecule has 2 aromatic rings. The van der Waals surface area contributed by atoms with Crippen LogP contribution in [0.5, 0.6) is 5.75 Å². The molecule has 0 radical (unpaired) electrons. The molecule has 32 heavy (non-hydrogen) atoms. The molecule has 0 bridgehead atoms. The van der Waals surface area contributed by atoms with E-state index in [1.165, 1.54) is 35.0 Å². The second-order valence-corrected chi connectivity index (χ2v) is 8.64. The fraction of sp³-hybridized carbons (Fsp3) is 0.435. The molecule has 2 N–H and O–H groups in total. The molecule has 1 aromatic carbocycles. The van der Waals surface area contributed by atoms with E-state index in [1.54, 1.807) is 4.90 Å². The summed E-state index contributed by atoms with van der Waals surface area (Å²) < 4.78 is 20.4. The average molecular weight is 441 g/mol. The van der Waals surface area contributed by atoms with Gasteiger partial charge < -0.3 is 24.6 Å². The van der Waals surface area contributed by atoms with Crippen LogP contribution in [-0.4, -0.2) is 45.3 Å². The second-order valence-electron chi connectivity index (χ2n) is 8.64. The molecule has 1 aromatic heterocycles. The molecule has 3 aliphatic rings. The van der Waals surface area contributed by atoms with Crippen LogP contribution < -0.4 is 10.7 Å². The van der Waals surface area contributed by atoms with Crippen molar-refractivity contribution in [3.05, 3.63) is 63.3 Å². The predicted octanol–water partition coefficient (Wildman–Crippen LogP) is 1.99. The van der Waals surface area contributed by atoms with E-state index in [0.717, 1.165) is 25.7 Å². The van der Waals surface area contributed by atoms with Crippen LogP contribution in [-0.2, 0) is 17.8 Å². The average Bonchev–Trinajstić information content (AvgIpc) is 2.80. The third-order valence-electron chi connectivity index (χ3n) is 6.70. The van der Waals surface area contributed by atoms with Gasteiger partial charge in [-0.1, -0.05) is 25.0 Å². The van der Waals surface area contributed by atoms with Crippen molar-refractivity contribution in [1.82, 2.24) is 14.8 Å². The van der Waals surface area contributed by atoms with Crippen LogP contribution in [0.2, 0.25) is 0 Å². The Bertz CT molecular complexity index is 1130. The lowest BCUT2D eigenvalue weighted by Gasteiger charge is -2.50. The number of pyridine rings is 1. The first-order chi connectivity index (χ1) is 15.4. The fourth-order valence-corrected chi connectivity index (χ4v) is 5.05. The first-order valence-electron chi connectivity index (χ1n) is 10.9. The number of hydrogen-bond donors (Lipinski definition) is 2. The molecule has 2 amide bonds. The minimum absolute atomic E-state index is 0.0388. The van der Waals surface area contributed by atoms with Crippen molar-refractivity contribution >= 4 is 11.8 Å². The molecule has 1 saturated carbocycles.